The number of hydrogen-bond acceptors (Lipinski definition) is 4. The van der Waals surface area contributed by atoms with Gasteiger partial charge in [-0.05, 0) is 25.1 Å². The lowest BCUT2D eigenvalue weighted by atomic mass is 10.3. The first-order valence-electron chi connectivity index (χ1n) is 6.21. The third-order valence-corrected chi connectivity index (χ3v) is 3.16. The SMILES string of the molecule is Cc1c(C=NNc2ccc(C(F)(F)F)cn2)cc(C#N)n1C. The Labute approximate surface area is 124 Å². The average Bonchev–Trinajstić information content (AvgIpc) is 2.75. The van der Waals surface area contributed by atoms with Crippen molar-refractivity contribution >= 4 is 12.0 Å². The molecule has 0 bridgehead atoms. The summed E-state index contributed by atoms with van der Waals surface area (Å²) in [6.45, 7) is 1.83. The predicted molar refractivity (Wildman–Crippen MR) is 75.3 cm³/mol. The molecule has 0 unspecified atom stereocenters. The third-order valence-electron chi connectivity index (χ3n) is 3.16. The van der Waals surface area contributed by atoms with Gasteiger partial charge in [-0.3, -0.25) is 5.43 Å². The predicted octanol–water partition coefficient (Wildman–Crippen LogP) is 3.07. The number of nitrogens with one attached hydrogen (secondary N) is 1. The minimum Gasteiger partial charge on any atom is -0.339 e. The number of alkyl halides is 3. The minimum atomic E-state index is -4.41. The Kier molecular flexibility index (Phi) is 4.17. The smallest absolute Gasteiger partial charge is 0.339 e. The van der Waals surface area contributed by atoms with Crippen LogP contribution >= 0.6 is 0 Å². The van der Waals surface area contributed by atoms with E-state index < -0.39 is 11.7 Å². The van der Waals surface area contributed by atoms with Gasteiger partial charge in [-0.15, -0.1) is 0 Å². The van der Waals surface area contributed by atoms with Gasteiger partial charge in [0, 0.05) is 24.5 Å². The van der Waals surface area contributed by atoms with Crippen LogP contribution in [0.1, 0.15) is 22.5 Å². The highest BCUT2D eigenvalue weighted by atomic mass is 19.4. The van der Waals surface area contributed by atoms with Crippen LogP contribution in [0.2, 0.25) is 0 Å². The van der Waals surface area contributed by atoms with Crippen LogP contribution in [0.3, 0.4) is 0 Å². The maximum atomic E-state index is 12.4. The Bertz CT molecular complexity index is 736. The minimum absolute atomic E-state index is 0.193. The number of hydrazone groups is 1. The van der Waals surface area contributed by atoms with Crippen molar-refractivity contribution in [2.24, 2.45) is 12.1 Å². The molecular formula is C14H12F3N5. The Hall–Kier alpha value is -2.82. The number of rotatable bonds is 3. The van der Waals surface area contributed by atoms with Crippen molar-refractivity contribution in [2.75, 3.05) is 5.43 Å². The van der Waals surface area contributed by atoms with Crippen LogP contribution < -0.4 is 5.43 Å². The van der Waals surface area contributed by atoms with E-state index in [0.29, 0.717) is 5.69 Å². The van der Waals surface area contributed by atoms with Crippen molar-refractivity contribution in [3.05, 3.63) is 46.9 Å². The molecule has 0 saturated heterocycles. The van der Waals surface area contributed by atoms with Gasteiger partial charge in [-0.1, -0.05) is 0 Å². The Morgan fingerprint density at radius 2 is 2.14 bits per heavy atom. The summed E-state index contributed by atoms with van der Waals surface area (Å²) in [6, 6.07) is 5.83. The summed E-state index contributed by atoms with van der Waals surface area (Å²) >= 11 is 0. The zero-order chi connectivity index (χ0) is 16.3. The molecule has 2 aromatic rings. The molecule has 2 heterocycles. The van der Waals surface area contributed by atoms with E-state index >= 15 is 0 Å². The summed E-state index contributed by atoms with van der Waals surface area (Å²) in [5.74, 6) is 0.193. The molecule has 5 nitrogen and oxygen atoms in total. The number of nitriles is 1. The van der Waals surface area contributed by atoms with Gasteiger partial charge in [0.2, 0.25) is 0 Å². The molecule has 114 valence electrons. The number of hydrogen-bond donors (Lipinski definition) is 1. The fraction of sp³-hybridized carbons (Fsp3) is 0.214. The second-order valence-corrected chi connectivity index (χ2v) is 4.54. The standard InChI is InChI=1S/C14H12F3N5/c1-9-10(5-12(6-18)22(9)2)7-20-21-13-4-3-11(8-19-13)14(15,16)17/h3-5,7-8H,1-2H3,(H,19,21). The Balaban J connectivity index is 2.09. The van der Waals surface area contributed by atoms with Crippen LogP contribution in [0, 0.1) is 18.3 Å². The number of halogens is 3. The molecule has 22 heavy (non-hydrogen) atoms. The van der Waals surface area contributed by atoms with Crippen molar-refractivity contribution in [2.45, 2.75) is 13.1 Å². The van der Waals surface area contributed by atoms with Crippen LogP contribution in [0.25, 0.3) is 0 Å². The highest BCUT2D eigenvalue weighted by molar-refractivity contribution is 5.82. The highest BCUT2D eigenvalue weighted by Gasteiger charge is 2.30. The second-order valence-electron chi connectivity index (χ2n) is 4.54. The molecule has 0 atom stereocenters. The summed E-state index contributed by atoms with van der Waals surface area (Å²) in [5, 5.41) is 12.8. The maximum absolute atomic E-state index is 12.4. The number of anilines is 1. The molecule has 0 fully saturated rings. The van der Waals surface area contributed by atoms with E-state index in [-0.39, 0.29) is 5.82 Å². The van der Waals surface area contributed by atoms with Gasteiger partial charge in [-0.25, -0.2) is 4.98 Å². The van der Waals surface area contributed by atoms with Gasteiger partial charge in [0.25, 0.3) is 0 Å². The molecule has 0 spiro atoms. The summed E-state index contributed by atoms with van der Waals surface area (Å²) < 4.78 is 38.9. The zero-order valence-electron chi connectivity index (χ0n) is 11.8. The summed E-state index contributed by atoms with van der Waals surface area (Å²) in [5.41, 5.74) is 3.80. The van der Waals surface area contributed by atoms with E-state index in [2.05, 4.69) is 15.5 Å². The van der Waals surface area contributed by atoms with Crippen molar-refractivity contribution in [1.82, 2.24) is 9.55 Å². The molecule has 0 amide bonds. The van der Waals surface area contributed by atoms with Gasteiger partial charge in [0.1, 0.15) is 17.6 Å². The lowest BCUT2D eigenvalue weighted by Gasteiger charge is -2.06. The van der Waals surface area contributed by atoms with Crippen LogP contribution in [0.5, 0.6) is 0 Å². The molecule has 0 aliphatic rings. The molecule has 0 aliphatic carbocycles. The second kappa shape index (κ2) is 5.89. The lowest BCUT2D eigenvalue weighted by Crippen LogP contribution is -2.05. The normalized spacial score (nSPS) is 11.6. The molecule has 0 saturated carbocycles. The average molecular weight is 307 g/mol. The van der Waals surface area contributed by atoms with Crippen LogP contribution in [0.15, 0.2) is 29.5 Å². The van der Waals surface area contributed by atoms with E-state index in [0.717, 1.165) is 23.5 Å². The van der Waals surface area contributed by atoms with Gasteiger partial charge < -0.3 is 4.57 Å². The highest BCUT2D eigenvalue weighted by Crippen LogP contribution is 2.28. The van der Waals surface area contributed by atoms with Gasteiger partial charge in [-0.2, -0.15) is 23.5 Å². The molecule has 2 rings (SSSR count). The third kappa shape index (κ3) is 3.25. The van der Waals surface area contributed by atoms with Crippen molar-refractivity contribution in [1.29, 1.82) is 5.26 Å². The first kappa shape index (κ1) is 15.6. The molecule has 8 heteroatoms. The molecule has 0 aliphatic heterocycles. The van der Waals surface area contributed by atoms with Crippen molar-refractivity contribution < 1.29 is 13.2 Å². The first-order chi connectivity index (χ1) is 10.3. The number of pyridine rings is 1. The molecule has 2 aromatic heterocycles. The zero-order valence-corrected chi connectivity index (χ0v) is 11.8. The quantitative estimate of drug-likeness (QED) is 0.700. The van der Waals surface area contributed by atoms with E-state index in [1.54, 1.807) is 17.7 Å². The monoisotopic (exact) mass is 307 g/mol. The summed E-state index contributed by atoms with van der Waals surface area (Å²) in [6.07, 6.45) is -2.20. The van der Waals surface area contributed by atoms with Crippen molar-refractivity contribution in [3.63, 3.8) is 0 Å². The van der Waals surface area contributed by atoms with Gasteiger partial charge in [0.05, 0.1) is 11.8 Å². The molecule has 1 N–H and O–H groups in total. The fourth-order valence-electron chi connectivity index (χ4n) is 1.76. The van der Waals surface area contributed by atoms with E-state index in [1.165, 1.54) is 12.3 Å². The maximum Gasteiger partial charge on any atom is 0.417 e. The van der Waals surface area contributed by atoms with Crippen molar-refractivity contribution in [3.8, 4) is 6.07 Å². The van der Waals surface area contributed by atoms with Gasteiger partial charge in [0.15, 0.2) is 0 Å². The molecular weight excluding hydrogens is 295 g/mol. The molecule has 0 aromatic carbocycles. The Morgan fingerprint density at radius 1 is 1.41 bits per heavy atom. The first-order valence-corrected chi connectivity index (χ1v) is 6.21. The van der Waals surface area contributed by atoms with Crippen LogP contribution in [0.4, 0.5) is 19.0 Å². The van der Waals surface area contributed by atoms with Crippen LogP contribution in [-0.2, 0) is 13.2 Å². The van der Waals surface area contributed by atoms with Gasteiger partial charge >= 0.3 is 6.18 Å². The lowest BCUT2D eigenvalue weighted by molar-refractivity contribution is -0.137. The van der Waals surface area contributed by atoms with E-state index in [9.17, 15) is 13.2 Å². The largest absolute Gasteiger partial charge is 0.417 e. The topological polar surface area (TPSA) is 66.0 Å². The van der Waals surface area contributed by atoms with E-state index in [4.69, 9.17) is 5.26 Å². The van der Waals surface area contributed by atoms with E-state index in [1.807, 2.05) is 13.0 Å². The fourth-order valence-corrected chi connectivity index (χ4v) is 1.76. The summed E-state index contributed by atoms with van der Waals surface area (Å²) in [7, 11) is 1.76. The summed E-state index contributed by atoms with van der Waals surface area (Å²) in [4.78, 5) is 3.64. The molecule has 0 radical (unpaired) electrons. The number of nitrogens with zero attached hydrogens (tertiary/aromatic N) is 4. The van der Waals surface area contributed by atoms with Crippen LogP contribution in [-0.4, -0.2) is 15.8 Å². The Morgan fingerprint density at radius 3 is 2.64 bits per heavy atom. The number of aromatic nitrogens is 2.